The molecule has 0 atom stereocenters. The SMILES string of the molecule is C=CCN(C(=O)/C=C/c1cn(CC)nc1C)c1nc(C(F)(F)F)c(C(=O)OCC)s1. The van der Waals surface area contributed by atoms with Crippen LogP contribution in [0, 0.1) is 6.92 Å². The van der Waals surface area contributed by atoms with Gasteiger partial charge < -0.3 is 4.74 Å². The number of esters is 1. The highest BCUT2D eigenvalue weighted by Gasteiger charge is 2.41. The van der Waals surface area contributed by atoms with Crippen LogP contribution in [0.2, 0.25) is 0 Å². The van der Waals surface area contributed by atoms with E-state index in [9.17, 15) is 22.8 Å². The molecule has 0 N–H and O–H groups in total. The molecule has 7 nitrogen and oxygen atoms in total. The summed E-state index contributed by atoms with van der Waals surface area (Å²) in [6.45, 7) is 9.17. The summed E-state index contributed by atoms with van der Waals surface area (Å²) >= 11 is 0.445. The lowest BCUT2D eigenvalue weighted by Gasteiger charge is -2.15. The predicted octanol–water partition coefficient (Wildman–Crippen LogP) is 4.10. The number of carbonyl (C=O) groups is 2. The number of aromatic nitrogens is 3. The van der Waals surface area contributed by atoms with Gasteiger partial charge in [-0.3, -0.25) is 14.4 Å². The van der Waals surface area contributed by atoms with E-state index < -0.39 is 28.6 Å². The first kappa shape index (κ1) is 23.3. The van der Waals surface area contributed by atoms with Gasteiger partial charge in [0.05, 0.1) is 12.3 Å². The molecule has 0 aliphatic rings. The summed E-state index contributed by atoms with van der Waals surface area (Å²) in [5, 5.41) is 3.99. The van der Waals surface area contributed by atoms with Crippen molar-refractivity contribution >= 4 is 34.4 Å². The summed E-state index contributed by atoms with van der Waals surface area (Å²) < 4.78 is 46.4. The average Bonchev–Trinajstić information content (AvgIpc) is 3.28. The highest BCUT2D eigenvalue weighted by atomic mass is 32.1. The second-order valence-corrected chi connectivity index (χ2v) is 6.97. The van der Waals surface area contributed by atoms with Crippen molar-refractivity contribution in [1.82, 2.24) is 14.8 Å². The number of hydrogen-bond acceptors (Lipinski definition) is 6. The van der Waals surface area contributed by atoms with Gasteiger partial charge in [0.15, 0.2) is 10.8 Å². The van der Waals surface area contributed by atoms with Crippen molar-refractivity contribution in [3.63, 3.8) is 0 Å². The zero-order valence-corrected chi connectivity index (χ0v) is 17.5. The van der Waals surface area contributed by atoms with Gasteiger partial charge in [0.2, 0.25) is 0 Å². The first-order chi connectivity index (χ1) is 14.1. The highest BCUT2D eigenvalue weighted by molar-refractivity contribution is 7.17. The molecule has 0 radical (unpaired) electrons. The third kappa shape index (κ3) is 5.35. The fraction of sp³-hybridized carbons (Fsp3) is 0.368. The van der Waals surface area contributed by atoms with Gasteiger partial charge in [-0.25, -0.2) is 9.78 Å². The Morgan fingerprint density at radius 2 is 2.07 bits per heavy atom. The molecule has 2 aromatic heterocycles. The molecule has 0 unspecified atom stereocenters. The standard InChI is InChI=1S/C19H21F3N4O3S/c1-5-10-26(14(27)9-8-13-11-25(6-2)24-12(13)4)18-23-16(19(20,21)22)15(30-18)17(28)29-7-3/h5,8-9,11H,1,6-7,10H2,2-4H3/b9-8+. The molecule has 30 heavy (non-hydrogen) atoms. The number of anilines is 1. The van der Waals surface area contributed by atoms with Crippen LogP contribution in [0.25, 0.3) is 6.08 Å². The van der Waals surface area contributed by atoms with E-state index in [4.69, 9.17) is 4.74 Å². The van der Waals surface area contributed by atoms with Gasteiger partial charge in [0.1, 0.15) is 4.88 Å². The van der Waals surface area contributed by atoms with Crippen LogP contribution >= 0.6 is 11.3 Å². The Kier molecular flexibility index (Phi) is 7.54. The van der Waals surface area contributed by atoms with Gasteiger partial charge in [-0.15, -0.1) is 6.58 Å². The number of thiazole rings is 1. The monoisotopic (exact) mass is 442 g/mol. The van der Waals surface area contributed by atoms with Crippen molar-refractivity contribution in [1.29, 1.82) is 0 Å². The molecule has 0 saturated heterocycles. The quantitative estimate of drug-likeness (QED) is 0.350. The number of halogens is 3. The van der Waals surface area contributed by atoms with E-state index in [1.165, 1.54) is 25.2 Å². The number of rotatable bonds is 8. The Morgan fingerprint density at radius 3 is 2.60 bits per heavy atom. The summed E-state index contributed by atoms with van der Waals surface area (Å²) in [5.74, 6) is -1.76. The maximum absolute atomic E-state index is 13.4. The Hall–Kier alpha value is -2.95. The summed E-state index contributed by atoms with van der Waals surface area (Å²) in [6.07, 6.45) is 0.969. The predicted molar refractivity (Wildman–Crippen MR) is 107 cm³/mol. The van der Waals surface area contributed by atoms with Crippen molar-refractivity contribution in [3.8, 4) is 0 Å². The maximum atomic E-state index is 13.4. The van der Waals surface area contributed by atoms with Gasteiger partial charge in [0, 0.05) is 30.9 Å². The molecule has 1 amide bonds. The molecule has 0 saturated carbocycles. The lowest BCUT2D eigenvalue weighted by atomic mass is 10.2. The van der Waals surface area contributed by atoms with E-state index in [2.05, 4.69) is 16.7 Å². The number of nitrogens with zero attached hydrogens (tertiary/aromatic N) is 4. The van der Waals surface area contributed by atoms with Crippen molar-refractivity contribution in [2.75, 3.05) is 18.1 Å². The Labute approximate surface area is 175 Å². The lowest BCUT2D eigenvalue weighted by Crippen LogP contribution is -2.29. The van der Waals surface area contributed by atoms with Crippen molar-refractivity contribution in [2.24, 2.45) is 0 Å². The molecular formula is C19H21F3N4O3S. The first-order valence-corrected chi connectivity index (χ1v) is 9.83. The fourth-order valence-electron chi connectivity index (χ4n) is 2.45. The normalized spacial score (nSPS) is 11.7. The van der Waals surface area contributed by atoms with Crippen LogP contribution in [0.15, 0.2) is 24.9 Å². The van der Waals surface area contributed by atoms with Crippen molar-refractivity contribution < 1.29 is 27.5 Å². The number of hydrogen-bond donors (Lipinski definition) is 0. The number of carbonyl (C=O) groups excluding carboxylic acids is 2. The molecule has 0 aromatic carbocycles. The lowest BCUT2D eigenvalue weighted by molar-refractivity contribution is -0.141. The summed E-state index contributed by atoms with van der Waals surface area (Å²) in [5.41, 5.74) is 0.0207. The van der Waals surface area contributed by atoms with Crippen LogP contribution < -0.4 is 4.90 Å². The van der Waals surface area contributed by atoms with Crippen LogP contribution in [0.5, 0.6) is 0 Å². The molecule has 0 spiro atoms. The topological polar surface area (TPSA) is 77.3 Å². The number of ether oxygens (including phenoxy) is 1. The smallest absolute Gasteiger partial charge is 0.435 e. The van der Waals surface area contributed by atoms with Gasteiger partial charge in [-0.2, -0.15) is 18.3 Å². The minimum atomic E-state index is -4.87. The van der Waals surface area contributed by atoms with E-state index in [0.717, 1.165) is 4.90 Å². The summed E-state index contributed by atoms with van der Waals surface area (Å²) in [6, 6.07) is 0. The Bertz CT molecular complexity index is 963. The highest BCUT2D eigenvalue weighted by Crippen LogP contribution is 2.38. The van der Waals surface area contributed by atoms with E-state index >= 15 is 0 Å². The molecular weight excluding hydrogens is 421 g/mol. The van der Waals surface area contributed by atoms with E-state index in [-0.39, 0.29) is 18.3 Å². The minimum absolute atomic E-state index is 0.0911. The van der Waals surface area contributed by atoms with Crippen LogP contribution in [0.4, 0.5) is 18.3 Å². The Balaban J connectivity index is 2.40. The zero-order valence-electron chi connectivity index (χ0n) is 16.7. The van der Waals surface area contributed by atoms with E-state index in [1.807, 2.05) is 6.92 Å². The molecule has 0 fully saturated rings. The molecule has 2 heterocycles. The van der Waals surface area contributed by atoms with Gasteiger partial charge >= 0.3 is 12.1 Å². The molecule has 0 aliphatic carbocycles. The third-order valence-electron chi connectivity index (χ3n) is 3.87. The van der Waals surface area contributed by atoms with Crippen LogP contribution in [0.1, 0.15) is 40.5 Å². The van der Waals surface area contributed by atoms with Gasteiger partial charge in [-0.05, 0) is 26.8 Å². The van der Waals surface area contributed by atoms with Crippen LogP contribution in [-0.2, 0) is 22.3 Å². The van der Waals surface area contributed by atoms with Crippen LogP contribution in [-0.4, -0.2) is 39.8 Å². The number of amides is 1. The molecule has 0 aliphatic heterocycles. The molecule has 0 bridgehead atoms. The van der Waals surface area contributed by atoms with Gasteiger partial charge in [0.25, 0.3) is 5.91 Å². The first-order valence-electron chi connectivity index (χ1n) is 9.01. The van der Waals surface area contributed by atoms with Crippen molar-refractivity contribution in [3.05, 3.63) is 46.8 Å². The number of aryl methyl sites for hydroxylation is 2. The summed E-state index contributed by atoms with van der Waals surface area (Å²) in [4.78, 5) is 28.5. The second kappa shape index (κ2) is 9.70. The molecule has 11 heteroatoms. The molecule has 2 aromatic rings. The zero-order chi connectivity index (χ0) is 22.5. The minimum Gasteiger partial charge on any atom is -0.462 e. The summed E-state index contributed by atoms with van der Waals surface area (Å²) in [7, 11) is 0. The number of alkyl halides is 3. The van der Waals surface area contributed by atoms with Gasteiger partial charge in [-0.1, -0.05) is 17.4 Å². The van der Waals surface area contributed by atoms with Crippen LogP contribution in [0.3, 0.4) is 0 Å². The van der Waals surface area contributed by atoms with E-state index in [0.29, 0.717) is 29.1 Å². The second-order valence-electron chi connectivity index (χ2n) is 5.99. The largest absolute Gasteiger partial charge is 0.462 e. The molecule has 2 rings (SSSR count). The maximum Gasteiger partial charge on any atom is 0.435 e. The van der Waals surface area contributed by atoms with Crippen molar-refractivity contribution in [2.45, 2.75) is 33.5 Å². The third-order valence-corrected chi connectivity index (χ3v) is 4.93. The average molecular weight is 442 g/mol. The van der Waals surface area contributed by atoms with E-state index in [1.54, 1.807) is 17.8 Å². The fourth-order valence-corrected chi connectivity index (χ4v) is 3.45. The molecule has 162 valence electrons. The Morgan fingerprint density at radius 1 is 1.37 bits per heavy atom.